The Balaban J connectivity index is 1.73. The molecular formula is C19H23N3. The molecular weight excluding hydrogens is 270 g/mol. The number of para-hydroxylation sites is 1. The number of nitrogens with two attached hydrogens (primary N) is 1. The largest absolute Gasteiger partial charge is 0.399 e. The molecule has 0 amide bonds. The van der Waals surface area contributed by atoms with Crippen LogP contribution in [0.5, 0.6) is 0 Å². The number of aryl methyl sites for hydroxylation is 1. The van der Waals surface area contributed by atoms with E-state index in [9.17, 15) is 0 Å². The van der Waals surface area contributed by atoms with Gasteiger partial charge < -0.3 is 16.0 Å². The lowest BCUT2D eigenvalue weighted by Crippen LogP contribution is -2.07. The molecule has 3 aromatic rings. The third-order valence-corrected chi connectivity index (χ3v) is 4.55. The van der Waals surface area contributed by atoms with Crippen molar-refractivity contribution >= 4 is 22.3 Å². The number of anilines is 2. The number of nitrogen functional groups attached to an aromatic ring is 1. The summed E-state index contributed by atoms with van der Waals surface area (Å²) < 4.78 is 0. The summed E-state index contributed by atoms with van der Waals surface area (Å²) >= 11 is 0. The van der Waals surface area contributed by atoms with Crippen molar-refractivity contribution < 1.29 is 0 Å². The zero-order valence-corrected chi connectivity index (χ0v) is 13.5. The van der Waals surface area contributed by atoms with Crippen LogP contribution in [0.15, 0.2) is 36.5 Å². The van der Waals surface area contributed by atoms with Crippen LogP contribution in [0.4, 0.5) is 11.4 Å². The second-order valence-corrected chi connectivity index (χ2v) is 5.94. The number of aromatic amines is 1. The lowest BCUT2D eigenvalue weighted by atomic mass is 10.1. The van der Waals surface area contributed by atoms with Gasteiger partial charge in [0.25, 0.3) is 0 Å². The lowest BCUT2D eigenvalue weighted by molar-refractivity contribution is 1.02. The first-order valence-corrected chi connectivity index (χ1v) is 7.73. The number of benzene rings is 2. The maximum atomic E-state index is 5.94. The Morgan fingerprint density at radius 3 is 2.68 bits per heavy atom. The zero-order valence-electron chi connectivity index (χ0n) is 13.5. The Bertz CT molecular complexity index is 815. The maximum absolute atomic E-state index is 5.94. The molecule has 0 atom stereocenters. The second kappa shape index (κ2) is 5.76. The van der Waals surface area contributed by atoms with Gasteiger partial charge >= 0.3 is 0 Å². The van der Waals surface area contributed by atoms with E-state index in [4.69, 9.17) is 5.73 Å². The first kappa shape index (κ1) is 14.5. The number of nitrogens with one attached hydrogen (secondary N) is 2. The fourth-order valence-electron chi connectivity index (χ4n) is 2.94. The standard InChI is InChI=1S/C19H23N3/c1-12-5-4-6-16-15(11-22-19(12)16)9-10-21-18-8-7-17(20)13(2)14(18)3/h4-8,11,21-22H,9-10,20H2,1-3H3. The minimum absolute atomic E-state index is 0.857. The summed E-state index contributed by atoms with van der Waals surface area (Å²) in [6.45, 7) is 7.23. The van der Waals surface area contributed by atoms with Crippen LogP contribution in [-0.4, -0.2) is 11.5 Å². The van der Waals surface area contributed by atoms with E-state index in [0.717, 1.165) is 24.2 Å². The molecule has 2 aromatic carbocycles. The molecule has 0 radical (unpaired) electrons. The Labute approximate surface area is 131 Å². The molecule has 0 saturated carbocycles. The van der Waals surface area contributed by atoms with E-state index in [1.807, 2.05) is 6.07 Å². The van der Waals surface area contributed by atoms with Crippen molar-refractivity contribution in [3.05, 3.63) is 58.8 Å². The van der Waals surface area contributed by atoms with E-state index in [1.165, 1.54) is 33.3 Å². The second-order valence-electron chi connectivity index (χ2n) is 5.94. The molecule has 0 fully saturated rings. The van der Waals surface area contributed by atoms with Gasteiger partial charge in [-0.2, -0.15) is 0 Å². The summed E-state index contributed by atoms with van der Waals surface area (Å²) in [5, 5.41) is 4.86. The number of H-pyrrole nitrogens is 1. The number of hydrogen-bond donors (Lipinski definition) is 3. The number of hydrogen-bond acceptors (Lipinski definition) is 2. The Morgan fingerprint density at radius 2 is 1.86 bits per heavy atom. The van der Waals surface area contributed by atoms with Gasteiger partial charge in [0.15, 0.2) is 0 Å². The Hall–Kier alpha value is -2.42. The van der Waals surface area contributed by atoms with Crippen LogP contribution >= 0.6 is 0 Å². The van der Waals surface area contributed by atoms with Gasteiger partial charge in [-0.25, -0.2) is 0 Å². The summed E-state index contributed by atoms with van der Waals surface area (Å²) in [7, 11) is 0. The van der Waals surface area contributed by atoms with Crippen LogP contribution in [-0.2, 0) is 6.42 Å². The first-order valence-electron chi connectivity index (χ1n) is 7.73. The van der Waals surface area contributed by atoms with Crippen LogP contribution in [0.3, 0.4) is 0 Å². The van der Waals surface area contributed by atoms with E-state index in [1.54, 1.807) is 0 Å². The highest BCUT2D eigenvalue weighted by Crippen LogP contribution is 2.24. The molecule has 0 spiro atoms. The monoisotopic (exact) mass is 293 g/mol. The predicted octanol–water partition coefficient (Wildman–Crippen LogP) is 4.33. The number of fused-ring (bicyclic) bond motifs is 1. The van der Waals surface area contributed by atoms with Crippen molar-refractivity contribution in [2.45, 2.75) is 27.2 Å². The fraction of sp³-hybridized carbons (Fsp3) is 0.263. The van der Waals surface area contributed by atoms with Crippen molar-refractivity contribution in [2.24, 2.45) is 0 Å². The molecule has 22 heavy (non-hydrogen) atoms. The summed E-state index contributed by atoms with van der Waals surface area (Å²) in [5.41, 5.74) is 14.3. The first-order chi connectivity index (χ1) is 10.6. The van der Waals surface area contributed by atoms with E-state index >= 15 is 0 Å². The van der Waals surface area contributed by atoms with Crippen molar-refractivity contribution in [3.8, 4) is 0 Å². The van der Waals surface area contributed by atoms with E-state index in [0.29, 0.717) is 0 Å². The Morgan fingerprint density at radius 1 is 1.05 bits per heavy atom. The molecule has 114 valence electrons. The molecule has 0 bridgehead atoms. The Kier molecular flexibility index (Phi) is 3.80. The average Bonchev–Trinajstić information content (AvgIpc) is 2.92. The topological polar surface area (TPSA) is 53.8 Å². The predicted molar refractivity (Wildman–Crippen MR) is 95.6 cm³/mol. The average molecular weight is 293 g/mol. The zero-order chi connectivity index (χ0) is 15.7. The van der Waals surface area contributed by atoms with Crippen molar-refractivity contribution in [1.29, 1.82) is 0 Å². The number of rotatable bonds is 4. The van der Waals surface area contributed by atoms with E-state index < -0.39 is 0 Å². The van der Waals surface area contributed by atoms with Gasteiger partial charge in [-0.15, -0.1) is 0 Å². The highest BCUT2D eigenvalue weighted by molar-refractivity contribution is 5.85. The van der Waals surface area contributed by atoms with Crippen LogP contribution in [0.25, 0.3) is 10.9 Å². The molecule has 0 aliphatic rings. The number of aromatic nitrogens is 1. The van der Waals surface area contributed by atoms with Crippen LogP contribution < -0.4 is 11.1 Å². The molecule has 3 rings (SSSR count). The molecule has 0 aliphatic carbocycles. The van der Waals surface area contributed by atoms with Gasteiger partial charge in [0.1, 0.15) is 0 Å². The molecule has 0 unspecified atom stereocenters. The normalized spacial score (nSPS) is 11.0. The summed E-state index contributed by atoms with van der Waals surface area (Å²) in [6, 6.07) is 10.5. The quantitative estimate of drug-likeness (QED) is 0.627. The van der Waals surface area contributed by atoms with Gasteiger partial charge in [-0.3, -0.25) is 0 Å². The smallest absolute Gasteiger partial charge is 0.0486 e. The summed E-state index contributed by atoms with van der Waals surface area (Å²) in [4.78, 5) is 3.39. The summed E-state index contributed by atoms with van der Waals surface area (Å²) in [5.74, 6) is 0. The third-order valence-electron chi connectivity index (χ3n) is 4.55. The van der Waals surface area contributed by atoms with Crippen molar-refractivity contribution in [1.82, 2.24) is 4.98 Å². The van der Waals surface area contributed by atoms with Gasteiger partial charge in [0.05, 0.1) is 0 Å². The lowest BCUT2D eigenvalue weighted by Gasteiger charge is -2.13. The molecule has 3 heteroatoms. The van der Waals surface area contributed by atoms with Gasteiger partial charge in [0, 0.05) is 35.0 Å². The maximum Gasteiger partial charge on any atom is 0.0486 e. The van der Waals surface area contributed by atoms with Crippen molar-refractivity contribution in [3.63, 3.8) is 0 Å². The SMILES string of the molecule is Cc1c(N)ccc(NCCc2c[nH]c3c(C)cccc23)c1C. The van der Waals surface area contributed by atoms with E-state index in [2.05, 4.69) is 61.5 Å². The van der Waals surface area contributed by atoms with Gasteiger partial charge in [0.2, 0.25) is 0 Å². The van der Waals surface area contributed by atoms with Crippen molar-refractivity contribution in [2.75, 3.05) is 17.6 Å². The van der Waals surface area contributed by atoms with Gasteiger partial charge in [-0.05, 0) is 61.6 Å². The molecule has 3 nitrogen and oxygen atoms in total. The molecule has 0 saturated heterocycles. The van der Waals surface area contributed by atoms with E-state index in [-0.39, 0.29) is 0 Å². The summed E-state index contributed by atoms with van der Waals surface area (Å²) in [6.07, 6.45) is 3.12. The van der Waals surface area contributed by atoms with Crippen LogP contribution in [0, 0.1) is 20.8 Å². The fourth-order valence-corrected chi connectivity index (χ4v) is 2.94. The molecule has 1 aromatic heterocycles. The molecule has 4 N–H and O–H groups in total. The minimum Gasteiger partial charge on any atom is -0.399 e. The van der Waals surface area contributed by atoms with Crippen LogP contribution in [0.1, 0.15) is 22.3 Å². The van der Waals surface area contributed by atoms with Crippen LogP contribution in [0.2, 0.25) is 0 Å². The molecule has 1 heterocycles. The van der Waals surface area contributed by atoms with Gasteiger partial charge in [-0.1, -0.05) is 18.2 Å². The highest BCUT2D eigenvalue weighted by Gasteiger charge is 2.06. The third kappa shape index (κ3) is 2.54. The molecule has 0 aliphatic heterocycles. The highest BCUT2D eigenvalue weighted by atomic mass is 14.9. The minimum atomic E-state index is 0.857.